The fourth-order valence-corrected chi connectivity index (χ4v) is 3.82. The lowest BCUT2D eigenvalue weighted by Crippen LogP contribution is -2.45. The molecule has 6 heteroatoms. The summed E-state index contributed by atoms with van der Waals surface area (Å²) in [6, 6.07) is 10.3. The molecule has 2 aromatic rings. The van der Waals surface area contributed by atoms with E-state index in [4.69, 9.17) is 27.9 Å². The van der Waals surface area contributed by atoms with E-state index in [0.29, 0.717) is 33.3 Å². The molecular formula is C20H19Cl2NO3. The molecule has 0 bridgehead atoms. The number of carbonyl (C=O) groups excluding carboxylic acids is 1. The van der Waals surface area contributed by atoms with Crippen LogP contribution in [0.15, 0.2) is 49.1 Å². The molecule has 0 spiro atoms. The smallest absolute Gasteiger partial charge is 0.256 e. The van der Waals surface area contributed by atoms with E-state index in [-0.39, 0.29) is 5.91 Å². The van der Waals surface area contributed by atoms with Crippen LogP contribution in [0, 0.1) is 0 Å². The highest BCUT2D eigenvalue weighted by Gasteiger charge is 2.52. The Morgan fingerprint density at radius 2 is 2.00 bits per heavy atom. The van der Waals surface area contributed by atoms with Gasteiger partial charge in [-0.1, -0.05) is 35.3 Å². The number of hydrogen-bond acceptors (Lipinski definition) is 3. The Balaban J connectivity index is 2.19. The van der Waals surface area contributed by atoms with Crippen molar-refractivity contribution < 1.29 is 14.6 Å². The number of allylic oxidation sites excluding steroid dienone is 1. The summed E-state index contributed by atoms with van der Waals surface area (Å²) in [5, 5.41) is 12.5. The van der Waals surface area contributed by atoms with Crippen LogP contribution < -0.4 is 4.74 Å². The minimum absolute atomic E-state index is 0.268. The molecule has 0 saturated heterocycles. The van der Waals surface area contributed by atoms with Gasteiger partial charge in [0.05, 0.1) is 22.7 Å². The maximum atomic E-state index is 12.8. The minimum atomic E-state index is -1.54. The van der Waals surface area contributed by atoms with E-state index in [1.54, 1.807) is 49.5 Å². The number of amides is 1. The molecule has 1 amide bonds. The van der Waals surface area contributed by atoms with Gasteiger partial charge in [-0.05, 0) is 42.3 Å². The van der Waals surface area contributed by atoms with Gasteiger partial charge in [0.25, 0.3) is 5.91 Å². The summed E-state index contributed by atoms with van der Waals surface area (Å²) in [5.74, 6) is -0.168. The van der Waals surface area contributed by atoms with Crippen LogP contribution in [0.1, 0.15) is 33.8 Å². The molecule has 26 heavy (non-hydrogen) atoms. The van der Waals surface area contributed by atoms with Gasteiger partial charge in [0, 0.05) is 18.5 Å². The van der Waals surface area contributed by atoms with Crippen LogP contribution in [0.25, 0.3) is 0 Å². The average Bonchev–Trinajstić information content (AvgIpc) is 2.84. The second-order valence-electron chi connectivity index (χ2n) is 6.25. The van der Waals surface area contributed by atoms with Gasteiger partial charge in [-0.15, -0.1) is 6.58 Å². The number of halogens is 2. The predicted octanol–water partition coefficient (Wildman–Crippen LogP) is 4.59. The minimum Gasteiger partial charge on any atom is -0.497 e. The molecule has 3 rings (SSSR count). The number of fused-ring (bicyclic) bond motifs is 1. The lowest BCUT2D eigenvalue weighted by atomic mass is 9.81. The highest BCUT2D eigenvalue weighted by Crippen LogP contribution is 2.48. The Labute approximate surface area is 162 Å². The first-order chi connectivity index (χ1) is 12.3. The monoisotopic (exact) mass is 391 g/mol. The zero-order chi connectivity index (χ0) is 19.1. The quantitative estimate of drug-likeness (QED) is 0.758. The highest BCUT2D eigenvalue weighted by atomic mass is 35.5. The Hall–Kier alpha value is -2.01. The number of benzene rings is 2. The van der Waals surface area contributed by atoms with E-state index in [2.05, 4.69) is 6.58 Å². The molecule has 1 heterocycles. The van der Waals surface area contributed by atoms with E-state index in [9.17, 15) is 9.90 Å². The maximum Gasteiger partial charge on any atom is 0.256 e. The van der Waals surface area contributed by atoms with Gasteiger partial charge in [0.15, 0.2) is 5.72 Å². The third-order valence-corrected chi connectivity index (χ3v) is 5.64. The number of methoxy groups -OCH3 is 1. The van der Waals surface area contributed by atoms with Crippen molar-refractivity contribution in [2.45, 2.75) is 18.1 Å². The van der Waals surface area contributed by atoms with Crippen LogP contribution in [0.3, 0.4) is 0 Å². The molecule has 1 aliphatic rings. The number of ether oxygens (including phenoxy) is 1. The molecule has 0 aromatic heterocycles. The van der Waals surface area contributed by atoms with E-state index < -0.39 is 11.6 Å². The fourth-order valence-electron chi connectivity index (χ4n) is 3.51. The largest absolute Gasteiger partial charge is 0.497 e. The zero-order valence-corrected chi connectivity index (χ0v) is 16.0. The van der Waals surface area contributed by atoms with Crippen molar-refractivity contribution in [2.24, 2.45) is 0 Å². The summed E-state index contributed by atoms with van der Waals surface area (Å²) in [6.07, 6.45) is 2.16. The maximum absolute atomic E-state index is 12.8. The summed E-state index contributed by atoms with van der Waals surface area (Å²) >= 11 is 12.2. The Bertz CT molecular complexity index is 883. The lowest BCUT2D eigenvalue weighted by Gasteiger charge is -2.39. The Morgan fingerprint density at radius 3 is 2.62 bits per heavy atom. The molecule has 0 aliphatic carbocycles. The van der Waals surface area contributed by atoms with E-state index in [1.807, 2.05) is 0 Å². The van der Waals surface area contributed by atoms with Crippen molar-refractivity contribution in [2.75, 3.05) is 14.2 Å². The van der Waals surface area contributed by atoms with Crippen LogP contribution in [0.5, 0.6) is 5.75 Å². The molecule has 2 aromatic carbocycles. The normalized spacial score (nSPS) is 20.0. The summed E-state index contributed by atoms with van der Waals surface area (Å²) in [4.78, 5) is 14.1. The van der Waals surface area contributed by atoms with E-state index >= 15 is 0 Å². The van der Waals surface area contributed by atoms with E-state index in [1.165, 1.54) is 12.0 Å². The van der Waals surface area contributed by atoms with Gasteiger partial charge in [-0.2, -0.15) is 0 Å². The first kappa shape index (κ1) is 18.8. The molecule has 1 N–H and O–H groups in total. The first-order valence-corrected chi connectivity index (χ1v) is 8.85. The number of rotatable bonds is 5. The summed E-state index contributed by atoms with van der Waals surface area (Å²) in [5.41, 5.74) is 0.182. The molecule has 0 radical (unpaired) electrons. The Morgan fingerprint density at radius 1 is 1.27 bits per heavy atom. The fraction of sp³-hybridized carbons (Fsp3) is 0.250. The molecule has 136 valence electrons. The zero-order valence-electron chi connectivity index (χ0n) is 14.5. The standard InChI is InChI=1S/C20H19Cl2NO3/c1-4-5-15(12-6-9-17(21)18(22)10-12)20(25)16-8-7-13(26-3)11-14(16)19(24)23(20)2/h4,6-11,15,25H,1,5H2,2-3H3. The SMILES string of the molecule is C=CCC(c1ccc(Cl)c(Cl)c1)C1(O)c2ccc(OC)cc2C(=O)N1C. The van der Waals surface area contributed by atoms with Crippen molar-refractivity contribution in [3.8, 4) is 5.75 Å². The number of aliphatic hydroxyl groups is 1. The molecular weight excluding hydrogens is 373 g/mol. The van der Waals surface area contributed by atoms with E-state index in [0.717, 1.165) is 5.56 Å². The van der Waals surface area contributed by atoms with Gasteiger partial charge in [0.1, 0.15) is 5.75 Å². The molecule has 4 nitrogen and oxygen atoms in total. The first-order valence-electron chi connectivity index (χ1n) is 8.09. The average molecular weight is 392 g/mol. The van der Waals surface area contributed by atoms with Crippen LogP contribution in [-0.2, 0) is 5.72 Å². The molecule has 2 unspecified atom stereocenters. The third-order valence-electron chi connectivity index (χ3n) is 4.90. The lowest BCUT2D eigenvalue weighted by molar-refractivity contribution is -0.0935. The van der Waals surface area contributed by atoms with Crippen molar-refractivity contribution in [1.29, 1.82) is 0 Å². The molecule has 0 fully saturated rings. The van der Waals surface area contributed by atoms with Crippen molar-refractivity contribution >= 4 is 29.1 Å². The number of hydrogen-bond donors (Lipinski definition) is 1. The van der Waals surface area contributed by atoms with Gasteiger partial charge in [0.2, 0.25) is 0 Å². The second-order valence-corrected chi connectivity index (χ2v) is 7.07. The van der Waals surface area contributed by atoms with Gasteiger partial charge in [-0.25, -0.2) is 0 Å². The molecule has 1 aliphatic heterocycles. The summed E-state index contributed by atoms with van der Waals surface area (Å²) in [7, 11) is 3.12. The van der Waals surface area contributed by atoms with Crippen LogP contribution >= 0.6 is 23.2 Å². The summed E-state index contributed by atoms with van der Waals surface area (Å²) in [6.45, 7) is 3.80. The van der Waals surface area contributed by atoms with Crippen molar-refractivity contribution in [3.63, 3.8) is 0 Å². The predicted molar refractivity (Wildman–Crippen MR) is 103 cm³/mol. The van der Waals surface area contributed by atoms with Crippen LogP contribution in [0.2, 0.25) is 10.0 Å². The second kappa shape index (κ2) is 6.95. The highest BCUT2D eigenvalue weighted by molar-refractivity contribution is 6.42. The summed E-state index contributed by atoms with van der Waals surface area (Å²) < 4.78 is 5.21. The number of nitrogens with zero attached hydrogens (tertiary/aromatic N) is 1. The van der Waals surface area contributed by atoms with Crippen molar-refractivity contribution in [3.05, 3.63) is 75.8 Å². The Kier molecular flexibility index (Phi) is 5.02. The van der Waals surface area contributed by atoms with Crippen LogP contribution in [0.4, 0.5) is 0 Å². The van der Waals surface area contributed by atoms with Gasteiger partial charge < -0.3 is 14.7 Å². The van der Waals surface area contributed by atoms with Crippen molar-refractivity contribution in [1.82, 2.24) is 4.90 Å². The third kappa shape index (κ3) is 2.78. The molecule has 2 atom stereocenters. The number of likely N-dealkylation sites (N-methyl/N-ethyl adjacent to an activating group) is 1. The van der Waals surface area contributed by atoms with Crippen LogP contribution in [-0.4, -0.2) is 30.1 Å². The topological polar surface area (TPSA) is 49.8 Å². The van der Waals surface area contributed by atoms with Gasteiger partial charge in [-0.3, -0.25) is 4.79 Å². The number of carbonyl (C=O) groups is 1. The van der Waals surface area contributed by atoms with Gasteiger partial charge >= 0.3 is 0 Å². The molecule has 0 saturated carbocycles.